The van der Waals surface area contributed by atoms with Crippen LogP contribution in [-0.4, -0.2) is 25.0 Å². The van der Waals surface area contributed by atoms with Gasteiger partial charge in [0.15, 0.2) is 0 Å². The van der Waals surface area contributed by atoms with Crippen LogP contribution in [0.15, 0.2) is 36.4 Å². The van der Waals surface area contributed by atoms with Crippen molar-refractivity contribution in [3.63, 3.8) is 0 Å². The molecular formula is C17H24N2O3. The molecule has 1 rings (SSSR count). The number of rotatable bonds is 9. The molecule has 0 unspecified atom stereocenters. The van der Waals surface area contributed by atoms with Crippen LogP contribution in [0.25, 0.3) is 0 Å². The number of ether oxygens (including phenoxy) is 1. The molecule has 0 spiro atoms. The summed E-state index contributed by atoms with van der Waals surface area (Å²) in [5, 5.41) is 2.87. The second kappa shape index (κ2) is 9.60. The van der Waals surface area contributed by atoms with Crippen LogP contribution in [0, 0.1) is 0 Å². The molecule has 1 aromatic carbocycles. The molecule has 0 bridgehead atoms. The third-order valence-electron chi connectivity index (χ3n) is 3.07. The van der Waals surface area contributed by atoms with E-state index in [4.69, 9.17) is 10.5 Å². The first-order chi connectivity index (χ1) is 10.5. The number of nitrogens with one attached hydrogen (secondary N) is 1. The lowest BCUT2D eigenvalue weighted by atomic mass is 10.1. The maximum Gasteiger partial charge on any atom is 0.333 e. The molecule has 0 atom stereocenters. The van der Waals surface area contributed by atoms with Gasteiger partial charge in [-0.05, 0) is 43.9 Å². The number of carbonyl (C=O) groups excluding carboxylic acids is 2. The number of nitrogen functional groups attached to an aromatic ring is 1. The van der Waals surface area contributed by atoms with Gasteiger partial charge in [-0.2, -0.15) is 0 Å². The number of nitrogens with two attached hydrogens (primary N) is 1. The number of carbonyl (C=O) groups is 2. The van der Waals surface area contributed by atoms with E-state index >= 15 is 0 Å². The van der Waals surface area contributed by atoms with E-state index < -0.39 is 0 Å². The molecule has 3 N–H and O–H groups in total. The Morgan fingerprint density at radius 1 is 1.32 bits per heavy atom. The number of amides is 1. The third kappa shape index (κ3) is 7.47. The Labute approximate surface area is 131 Å². The molecule has 120 valence electrons. The lowest BCUT2D eigenvalue weighted by Gasteiger charge is -2.06. The fraction of sp³-hybridized carbons (Fsp3) is 0.412. The summed E-state index contributed by atoms with van der Waals surface area (Å²) in [6.45, 7) is 6.02. The van der Waals surface area contributed by atoms with E-state index in [0.717, 1.165) is 17.7 Å². The molecule has 0 aliphatic rings. The Hall–Kier alpha value is -2.30. The summed E-state index contributed by atoms with van der Waals surface area (Å²) in [5.41, 5.74) is 7.92. The van der Waals surface area contributed by atoms with Crippen LogP contribution in [0.1, 0.15) is 31.7 Å². The van der Waals surface area contributed by atoms with Gasteiger partial charge in [-0.3, -0.25) is 4.79 Å². The van der Waals surface area contributed by atoms with Gasteiger partial charge in [0.2, 0.25) is 5.91 Å². The topological polar surface area (TPSA) is 81.4 Å². The molecular weight excluding hydrogens is 280 g/mol. The maximum absolute atomic E-state index is 11.6. The summed E-state index contributed by atoms with van der Waals surface area (Å²) >= 11 is 0. The van der Waals surface area contributed by atoms with Crippen molar-refractivity contribution in [1.82, 2.24) is 5.32 Å². The van der Waals surface area contributed by atoms with Crippen LogP contribution >= 0.6 is 0 Å². The van der Waals surface area contributed by atoms with E-state index in [9.17, 15) is 9.59 Å². The van der Waals surface area contributed by atoms with E-state index in [1.54, 1.807) is 6.92 Å². The minimum absolute atomic E-state index is 0.00938. The van der Waals surface area contributed by atoms with E-state index in [0.29, 0.717) is 38.0 Å². The van der Waals surface area contributed by atoms with Crippen LogP contribution in [0.3, 0.4) is 0 Å². The van der Waals surface area contributed by atoms with Crippen molar-refractivity contribution in [1.29, 1.82) is 0 Å². The SMILES string of the molecule is C=C(C)C(=O)OCCCCC(=O)NCCc1cccc(N)c1. The zero-order chi connectivity index (χ0) is 16.4. The minimum Gasteiger partial charge on any atom is -0.462 e. The fourth-order valence-corrected chi connectivity index (χ4v) is 1.86. The molecule has 0 heterocycles. The molecule has 0 fully saturated rings. The highest BCUT2D eigenvalue weighted by atomic mass is 16.5. The molecule has 22 heavy (non-hydrogen) atoms. The van der Waals surface area contributed by atoms with Gasteiger partial charge < -0.3 is 15.8 Å². The van der Waals surface area contributed by atoms with Crippen molar-refractivity contribution >= 4 is 17.6 Å². The molecule has 0 saturated carbocycles. The monoisotopic (exact) mass is 304 g/mol. The lowest BCUT2D eigenvalue weighted by molar-refractivity contribution is -0.139. The Kier molecular flexibility index (Phi) is 7.75. The quantitative estimate of drug-likeness (QED) is 0.317. The van der Waals surface area contributed by atoms with Gasteiger partial charge in [0.05, 0.1) is 6.61 Å². The van der Waals surface area contributed by atoms with Crippen molar-refractivity contribution in [3.05, 3.63) is 42.0 Å². The number of anilines is 1. The Morgan fingerprint density at radius 2 is 2.09 bits per heavy atom. The summed E-state index contributed by atoms with van der Waals surface area (Å²) in [7, 11) is 0. The molecule has 0 aliphatic carbocycles. The number of esters is 1. The van der Waals surface area contributed by atoms with Gasteiger partial charge in [0, 0.05) is 24.2 Å². The largest absolute Gasteiger partial charge is 0.462 e. The Bertz CT molecular complexity index is 526. The highest BCUT2D eigenvalue weighted by Crippen LogP contribution is 2.06. The second-order valence-electron chi connectivity index (χ2n) is 5.22. The maximum atomic E-state index is 11.6. The van der Waals surface area contributed by atoms with Crippen LogP contribution in [0.5, 0.6) is 0 Å². The van der Waals surface area contributed by atoms with E-state index in [-0.39, 0.29) is 11.9 Å². The predicted molar refractivity (Wildman–Crippen MR) is 87.2 cm³/mol. The van der Waals surface area contributed by atoms with Crippen molar-refractivity contribution < 1.29 is 14.3 Å². The summed E-state index contributed by atoms with van der Waals surface area (Å²) in [5.74, 6) is -0.373. The van der Waals surface area contributed by atoms with Crippen molar-refractivity contribution in [2.75, 3.05) is 18.9 Å². The highest BCUT2D eigenvalue weighted by molar-refractivity contribution is 5.86. The first-order valence-corrected chi connectivity index (χ1v) is 7.43. The van der Waals surface area contributed by atoms with E-state index in [1.807, 2.05) is 24.3 Å². The molecule has 1 aromatic rings. The van der Waals surface area contributed by atoms with Crippen LogP contribution in [-0.2, 0) is 20.7 Å². The molecule has 0 aliphatic heterocycles. The summed E-state index contributed by atoms with van der Waals surface area (Å²) in [6, 6.07) is 7.63. The molecule has 0 saturated heterocycles. The first-order valence-electron chi connectivity index (χ1n) is 7.43. The van der Waals surface area contributed by atoms with Crippen molar-refractivity contribution in [3.8, 4) is 0 Å². The number of unbranched alkanes of at least 4 members (excludes halogenated alkanes) is 1. The summed E-state index contributed by atoms with van der Waals surface area (Å²) in [6.07, 6.45) is 2.55. The molecule has 1 amide bonds. The average molecular weight is 304 g/mol. The molecule has 0 radical (unpaired) electrons. The van der Waals surface area contributed by atoms with Gasteiger partial charge >= 0.3 is 5.97 Å². The average Bonchev–Trinajstić information content (AvgIpc) is 2.46. The van der Waals surface area contributed by atoms with Crippen molar-refractivity contribution in [2.45, 2.75) is 32.6 Å². The van der Waals surface area contributed by atoms with Gasteiger partial charge in [-0.1, -0.05) is 18.7 Å². The summed E-state index contributed by atoms with van der Waals surface area (Å²) in [4.78, 5) is 22.8. The predicted octanol–water partition coefficient (Wildman–Crippen LogP) is 2.22. The third-order valence-corrected chi connectivity index (χ3v) is 3.07. The minimum atomic E-state index is -0.383. The smallest absolute Gasteiger partial charge is 0.333 e. The van der Waals surface area contributed by atoms with Crippen LogP contribution < -0.4 is 11.1 Å². The second-order valence-corrected chi connectivity index (χ2v) is 5.22. The van der Waals surface area contributed by atoms with Crippen molar-refractivity contribution in [2.24, 2.45) is 0 Å². The van der Waals surface area contributed by atoms with Gasteiger partial charge in [0.1, 0.15) is 0 Å². The lowest BCUT2D eigenvalue weighted by Crippen LogP contribution is -2.25. The number of hydrogen-bond donors (Lipinski definition) is 2. The number of benzene rings is 1. The fourth-order valence-electron chi connectivity index (χ4n) is 1.86. The van der Waals surface area contributed by atoms with Crippen LogP contribution in [0.2, 0.25) is 0 Å². The highest BCUT2D eigenvalue weighted by Gasteiger charge is 2.04. The summed E-state index contributed by atoms with van der Waals surface area (Å²) < 4.78 is 4.95. The molecule has 5 nitrogen and oxygen atoms in total. The normalized spacial score (nSPS) is 10.0. The van der Waals surface area contributed by atoms with Gasteiger partial charge in [0.25, 0.3) is 0 Å². The standard InChI is InChI=1S/C17H24N2O3/c1-13(2)17(21)22-11-4-3-8-16(20)19-10-9-14-6-5-7-15(18)12-14/h5-7,12H,1,3-4,8-11,18H2,2H3,(H,19,20). The van der Waals surface area contributed by atoms with Crippen LogP contribution in [0.4, 0.5) is 5.69 Å². The zero-order valence-corrected chi connectivity index (χ0v) is 13.1. The Balaban J connectivity index is 2.06. The molecule has 0 aromatic heterocycles. The van der Waals surface area contributed by atoms with Gasteiger partial charge in [-0.25, -0.2) is 4.79 Å². The molecule has 5 heteroatoms. The van der Waals surface area contributed by atoms with E-state index in [1.165, 1.54) is 0 Å². The Morgan fingerprint density at radius 3 is 2.77 bits per heavy atom. The zero-order valence-electron chi connectivity index (χ0n) is 13.1. The van der Waals surface area contributed by atoms with E-state index in [2.05, 4.69) is 11.9 Å². The van der Waals surface area contributed by atoms with Gasteiger partial charge in [-0.15, -0.1) is 0 Å². The first kappa shape index (κ1) is 17.8. The number of hydrogen-bond acceptors (Lipinski definition) is 4.